The van der Waals surface area contributed by atoms with Gasteiger partial charge in [-0.25, -0.2) is 0 Å². The lowest BCUT2D eigenvalue weighted by Gasteiger charge is -2.08. The molecular weight excluding hydrogens is 262 g/mol. The van der Waals surface area contributed by atoms with Crippen LogP contribution in [-0.4, -0.2) is 10.9 Å². The molecule has 0 fully saturated rings. The van der Waals surface area contributed by atoms with Crippen molar-refractivity contribution in [3.05, 3.63) is 58.4 Å². The molecule has 0 radical (unpaired) electrons. The van der Waals surface area contributed by atoms with Gasteiger partial charge in [-0.05, 0) is 36.8 Å². The minimum absolute atomic E-state index is 0.262. The fourth-order valence-corrected chi connectivity index (χ4v) is 1.88. The zero-order valence-electron chi connectivity index (χ0n) is 10.5. The second kappa shape index (κ2) is 5.71. The number of benzene rings is 1. The number of nitrogens with two attached hydrogens (primary N) is 1. The van der Waals surface area contributed by atoms with Gasteiger partial charge in [-0.3, -0.25) is 9.78 Å². The van der Waals surface area contributed by atoms with E-state index in [-0.39, 0.29) is 5.91 Å². The van der Waals surface area contributed by atoms with Gasteiger partial charge in [0.2, 0.25) is 0 Å². The van der Waals surface area contributed by atoms with Crippen LogP contribution < -0.4 is 11.1 Å². The van der Waals surface area contributed by atoms with E-state index in [2.05, 4.69) is 10.3 Å². The van der Waals surface area contributed by atoms with E-state index >= 15 is 0 Å². The zero-order chi connectivity index (χ0) is 13.8. The summed E-state index contributed by atoms with van der Waals surface area (Å²) in [6.45, 7) is 2.30. The normalized spacial score (nSPS) is 10.2. The third kappa shape index (κ3) is 3.23. The molecule has 0 spiro atoms. The van der Waals surface area contributed by atoms with E-state index < -0.39 is 0 Å². The smallest absolute Gasteiger partial charge is 0.253 e. The Morgan fingerprint density at radius 2 is 2.21 bits per heavy atom. The van der Waals surface area contributed by atoms with Crippen molar-refractivity contribution in [1.29, 1.82) is 0 Å². The highest BCUT2D eigenvalue weighted by atomic mass is 35.5. The van der Waals surface area contributed by atoms with Gasteiger partial charge in [0.05, 0.1) is 22.8 Å². The number of hydrogen-bond acceptors (Lipinski definition) is 3. The predicted octanol–water partition coefficient (Wildman–Crippen LogP) is 2.56. The molecule has 0 aliphatic heterocycles. The number of nitrogens with zero attached hydrogens (tertiary/aromatic N) is 1. The van der Waals surface area contributed by atoms with Gasteiger partial charge in [0.15, 0.2) is 0 Å². The van der Waals surface area contributed by atoms with Crippen LogP contribution in [-0.2, 0) is 6.54 Å². The fourth-order valence-electron chi connectivity index (χ4n) is 1.68. The highest BCUT2D eigenvalue weighted by Crippen LogP contribution is 2.18. The molecule has 0 aliphatic rings. The molecule has 2 aromatic rings. The van der Waals surface area contributed by atoms with Gasteiger partial charge in [-0.2, -0.15) is 0 Å². The summed E-state index contributed by atoms with van der Waals surface area (Å²) >= 11 is 5.97. The number of halogens is 1. The molecule has 19 heavy (non-hydrogen) atoms. The molecule has 0 atom stereocenters. The Bertz CT molecular complexity index is 613. The van der Waals surface area contributed by atoms with Crippen molar-refractivity contribution in [3.8, 4) is 0 Å². The average molecular weight is 276 g/mol. The minimum atomic E-state index is -0.262. The Labute approximate surface area is 116 Å². The summed E-state index contributed by atoms with van der Waals surface area (Å²) in [5.74, 6) is -0.262. The van der Waals surface area contributed by atoms with E-state index in [1.54, 1.807) is 24.4 Å². The highest BCUT2D eigenvalue weighted by molar-refractivity contribution is 6.34. The van der Waals surface area contributed by atoms with Crippen LogP contribution in [0.2, 0.25) is 5.02 Å². The monoisotopic (exact) mass is 275 g/mol. The lowest BCUT2D eigenvalue weighted by molar-refractivity contribution is 0.0950. The van der Waals surface area contributed by atoms with Crippen molar-refractivity contribution < 1.29 is 4.79 Å². The third-order valence-corrected chi connectivity index (χ3v) is 3.10. The van der Waals surface area contributed by atoms with Gasteiger partial charge in [0, 0.05) is 11.9 Å². The van der Waals surface area contributed by atoms with Gasteiger partial charge in [-0.1, -0.05) is 17.7 Å². The number of nitrogen functional groups attached to an aromatic ring is 1. The van der Waals surface area contributed by atoms with Crippen molar-refractivity contribution in [2.24, 2.45) is 0 Å². The largest absolute Gasteiger partial charge is 0.399 e. The molecule has 0 aliphatic carbocycles. The molecule has 1 aromatic heterocycles. The number of aryl methyl sites for hydroxylation is 1. The van der Waals surface area contributed by atoms with Crippen LogP contribution >= 0.6 is 11.6 Å². The molecule has 0 unspecified atom stereocenters. The molecule has 1 aromatic carbocycles. The van der Waals surface area contributed by atoms with Gasteiger partial charge in [0.1, 0.15) is 0 Å². The Balaban J connectivity index is 2.10. The molecule has 98 valence electrons. The summed E-state index contributed by atoms with van der Waals surface area (Å²) in [6.07, 6.45) is 1.70. The lowest BCUT2D eigenvalue weighted by atomic mass is 10.1. The van der Waals surface area contributed by atoms with Crippen molar-refractivity contribution >= 4 is 23.2 Å². The maximum absolute atomic E-state index is 12.0. The Hall–Kier alpha value is -2.07. The first-order valence-electron chi connectivity index (χ1n) is 5.81. The highest BCUT2D eigenvalue weighted by Gasteiger charge is 2.11. The van der Waals surface area contributed by atoms with E-state index in [1.165, 1.54) is 0 Å². The molecule has 2 rings (SSSR count). The first kappa shape index (κ1) is 13.4. The van der Waals surface area contributed by atoms with Crippen molar-refractivity contribution in [3.63, 3.8) is 0 Å². The third-order valence-electron chi connectivity index (χ3n) is 2.77. The number of aromatic nitrogens is 1. The molecule has 3 N–H and O–H groups in total. The van der Waals surface area contributed by atoms with Crippen molar-refractivity contribution in [2.75, 3.05) is 5.73 Å². The predicted molar refractivity (Wildman–Crippen MR) is 76.0 cm³/mol. The number of hydrogen-bond donors (Lipinski definition) is 2. The summed E-state index contributed by atoms with van der Waals surface area (Å²) in [5, 5.41) is 3.16. The maximum Gasteiger partial charge on any atom is 0.253 e. The van der Waals surface area contributed by atoms with Crippen LogP contribution in [0.15, 0.2) is 36.5 Å². The van der Waals surface area contributed by atoms with Crippen molar-refractivity contribution in [2.45, 2.75) is 13.5 Å². The second-order valence-corrected chi connectivity index (χ2v) is 4.60. The Kier molecular flexibility index (Phi) is 4.02. The summed E-state index contributed by atoms with van der Waals surface area (Å²) < 4.78 is 0. The van der Waals surface area contributed by atoms with E-state index in [1.807, 2.05) is 19.1 Å². The SMILES string of the molecule is Cc1cccnc1CNC(=O)c1cc(N)ccc1Cl. The molecule has 4 nitrogen and oxygen atoms in total. The topological polar surface area (TPSA) is 68.0 Å². The van der Waals surface area contributed by atoms with Gasteiger partial charge >= 0.3 is 0 Å². The fraction of sp³-hybridized carbons (Fsp3) is 0.143. The van der Waals surface area contributed by atoms with E-state index in [0.29, 0.717) is 22.8 Å². The lowest BCUT2D eigenvalue weighted by Crippen LogP contribution is -2.24. The van der Waals surface area contributed by atoms with Crippen LogP contribution in [0.5, 0.6) is 0 Å². The summed E-state index contributed by atoms with van der Waals surface area (Å²) in [7, 11) is 0. The first-order valence-corrected chi connectivity index (χ1v) is 6.19. The van der Waals surface area contributed by atoms with Gasteiger partial charge in [0.25, 0.3) is 5.91 Å². The average Bonchev–Trinajstić information content (AvgIpc) is 2.40. The number of rotatable bonds is 3. The molecule has 1 amide bonds. The van der Waals surface area contributed by atoms with E-state index in [4.69, 9.17) is 17.3 Å². The Morgan fingerprint density at radius 1 is 1.42 bits per heavy atom. The molecule has 0 saturated carbocycles. The minimum Gasteiger partial charge on any atom is -0.399 e. The molecule has 5 heteroatoms. The molecular formula is C14H14ClN3O. The van der Waals surface area contributed by atoms with Crippen LogP contribution in [0.3, 0.4) is 0 Å². The summed E-state index contributed by atoms with van der Waals surface area (Å²) in [6, 6.07) is 8.63. The van der Waals surface area contributed by atoms with Crippen LogP contribution in [0, 0.1) is 6.92 Å². The number of carbonyl (C=O) groups is 1. The summed E-state index contributed by atoms with van der Waals surface area (Å²) in [5.41, 5.74) is 8.38. The number of carbonyl (C=O) groups excluding carboxylic acids is 1. The number of amides is 1. The van der Waals surface area contributed by atoms with E-state index in [9.17, 15) is 4.79 Å². The van der Waals surface area contributed by atoms with Crippen molar-refractivity contribution in [1.82, 2.24) is 10.3 Å². The van der Waals surface area contributed by atoms with Gasteiger partial charge < -0.3 is 11.1 Å². The Morgan fingerprint density at radius 3 is 2.95 bits per heavy atom. The quantitative estimate of drug-likeness (QED) is 0.846. The van der Waals surface area contributed by atoms with Crippen LogP contribution in [0.4, 0.5) is 5.69 Å². The first-order chi connectivity index (χ1) is 9.08. The van der Waals surface area contributed by atoms with Gasteiger partial charge in [-0.15, -0.1) is 0 Å². The van der Waals surface area contributed by atoms with Crippen LogP contribution in [0.1, 0.15) is 21.6 Å². The zero-order valence-corrected chi connectivity index (χ0v) is 11.2. The molecule has 1 heterocycles. The number of anilines is 1. The van der Waals surface area contributed by atoms with E-state index in [0.717, 1.165) is 11.3 Å². The number of pyridine rings is 1. The molecule has 0 saturated heterocycles. The maximum atomic E-state index is 12.0. The molecule has 0 bridgehead atoms. The van der Waals surface area contributed by atoms with Crippen LogP contribution in [0.25, 0.3) is 0 Å². The number of nitrogens with one attached hydrogen (secondary N) is 1. The standard InChI is InChI=1S/C14H14ClN3O/c1-9-3-2-6-17-13(9)8-18-14(19)11-7-10(16)4-5-12(11)15/h2-7H,8,16H2,1H3,(H,18,19). The summed E-state index contributed by atoms with van der Waals surface area (Å²) in [4.78, 5) is 16.2. The second-order valence-electron chi connectivity index (χ2n) is 4.19.